The van der Waals surface area contributed by atoms with Crippen LogP contribution >= 0.6 is 0 Å². The quantitative estimate of drug-likeness (QED) is 0.831. The highest BCUT2D eigenvalue weighted by molar-refractivity contribution is 5.03. The van der Waals surface area contributed by atoms with Gasteiger partial charge in [-0.3, -0.25) is 4.90 Å². The van der Waals surface area contributed by atoms with Crippen LogP contribution < -0.4 is 0 Å². The normalized spacial score (nSPS) is 23.8. The lowest BCUT2D eigenvalue weighted by Crippen LogP contribution is -2.42. The number of ether oxygens (including phenoxy) is 1. The van der Waals surface area contributed by atoms with Gasteiger partial charge in [0, 0.05) is 19.2 Å². The Morgan fingerprint density at radius 3 is 2.89 bits per heavy atom. The van der Waals surface area contributed by atoms with Crippen LogP contribution in [0.25, 0.3) is 0 Å². The van der Waals surface area contributed by atoms with E-state index in [2.05, 4.69) is 21.8 Å². The van der Waals surface area contributed by atoms with Crippen molar-refractivity contribution in [1.29, 1.82) is 0 Å². The van der Waals surface area contributed by atoms with Gasteiger partial charge in [-0.25, -0.2) is 9.97 Å². The summed E-state index contributed by atoms with van der Waals surface area (Å²) in [5, 5.41) is 9.87. The van der Waals surface area contributed by atoms with Crippen molar-refractivity contribution in [2.24, 2.45) is 0 Å². The molecule has 0 saturated carbocycles. The van der Waals surface area contributed by atoms with Crippen molar-refractivity contribution < 1.29 is 9.84 Å². The van der Waals surface area contributed by atoms with Crippen molar-refractivity contribution in [1.82, 2.24) is 14.9 Å². The van der Waals surface area contributed by atoms with Crippen LogP contribution in [0.1, 0.15) is 25.4 Å². The highest BCUT2D eigenvalue weighted by Crippen LogP contribution is 2.15. The molecule has 0 aliphatic carbocycles. The number of aliphatic hydroxyl groups is 1. The first-order valence-corrected chi connectivity index (χ1v) is 6.55. The standard InChI is InChI=1S/C13H21N3O2/c1-3-13-14-6-5-10(15-13)7-16(4-2)11-8-18-9-12(11)17/h5-6,11-12,17H,3-4,7-9H2,1-2H3/t11-,12-/m1/s1. The summed E-state index contributed by atoms with van der Waals surface area (Å²) in [7, 11) is 0. The van der Waals surface area contributed by atoms with Crippen molar-refractivity contribution in [2.45, 2.75) is 39.0 Å². The van der Waals surface area contributed by atoms with Gasteiger partial charge in [-0.1, -0.05) is 13.8 Å². The fraction of sp³-hybridized carbons (Fsp3) is 0.692. The summed E-state index contributed by atoms with van der Waals surface area (Å²) < 4.78 is 5.31. The number of rotatable bonds is 5. The fourth-order valence-corrected chi connectivity index (χ4v) is 2.25. The fourth-order valence-electron chi connectivity index (χ4n) is 2.25. The molecule has 1 saturated heterocycles. The molecule has 0 spiro atoms. The Hall–Kier alpha value is -1.04. The molecule has 1 aromatic rings. The zero-order valence-electron chi connectivity index (χ0n) is 11.0. The van der Waals surface area contributed by atoms with E-state index < -0.39 is 6.10 Å². The van der Waals surface area contributed by atoms with Gasteiger partial charge in [0.1, 0.15) is 5.82 Å². The van der Waals surface area contributed by atoms with Gasteiger partial charge >= 0.3 is 0 Å². The summed E-state index contributed by atoms with van der Waals surface area (Å²) in [6.07, 6.45) is 2.25. The lowest BCUT2D eigenvalue weighted by Gasteiger charge is -2.28. The van der Waals surface area contributed by atoms with Crippen molar-refractivity contribution in [2.75, 3.05) is 19.8 Å². The van der Waals surface area contributed by atoms with E-state index in [1.165, 1.54) is 0 Å². The van der Waals surface area contributed by atoms with E-state index in [-0.39, 0.29) is 6.04 Å². The van der Waals surface area contributed by atoms with E-state index in [1.807, 2.05) is 13.0 Å². The highest BCUT2D eigenvalue weighted by atomic mass is 16.5. The molecule has 5 nitrogen and oxygen atoms in total. The van der Waals surface area contributed by atoms with Gasteiger partial charge in [0.2, 0.25) is 0 Å². The maximum atomic E-state index is 9.87. The van der Waals surface area contributed by atoms with Crippen LogP contribution in [-0.2, 0) is 17.7 Å². The molecule has 0 bridgehead atoms. The molecule has 1 fully saturated rings. The number of hydrogen-bond acceptors (Lipinski definition) is 5. The molecule has 2 heterocycles. The summed E-state index contributed by atoms with van der Waals surface area (Å²) in [4.78, 5) is 10.9. The predicted molar refractivity (Wildman–Crippen MR) is 68.1 cm³/mol. The summed E-state index contributed by atoms with van der Waals surface area (Å²) in [5.74, 6) is 0.867. The molecule has 1 aliphatic heterocycles. The van der Waals surface area contributed by atoms with Crippen LogP contribution in [0, 0.1) is 0 Å². The molecule has 100 valence electrons. The number of likely N-dealkylation sites (N-methyl/N-ethyl adjacent to an activating group) is 1. The Bertz CT molecular complexity index is 386. The van der Waals surface area contributed by atoms with E-state index in [1.54, 1.807) is 6.20 Å². The van der Waals surface area contributed by atoms with Crippen LogP contribution in [0.3, 0.4) is 0 Å². The predicted octanol–water partition coefficient (Wildman–Crippen LogP) is 0.621. The van der Waals surface area contributed by atoms with Crippen molar-refractivity contribution in [3.63, 3.8) is 0 Å². The molecular formula is C13H21N3O2. The number of aromatic nitrogens is 2. The summed E-state index contributed by atoms with van der Waals surface area (Å²) in [6.45, 7) is 6.78. The van der Waals surface area contributed by atoms with Gasteiger partial charge in [-0.15, -0.1) is 0 Å². The lowest BCUT2D eigenvalue weighted by atomic mass is 10.1. The summed E-state index contributed by atoms with van der Waals surface area (Å²) in [5.41, 5.74) is 1.00. The van der Waals surface area contributed by atoms with E-state index in [0.717, 1.165) is 31.0 Å². The Labute approximate surface area is 108 Å². The third-order valence-corrected chi connectivity index (χ3v) is 3.34. The molecule has 5 heteroatoms. The maximum absolute atomic E-state index is 9.87. The Morgan fingerprint density at radius 2 is 2.28 bits per heavy atom. The van der Waals surface area contributed by atoms with Gasteiger partial charge in [-0.05, 0) is 12.6 Å². The third kappa shape index (κ3) is 3.04. The van der Waals surface area contributed by atoms with Crippen molar-refractivity contribution >= 4 is 0 Å². The molecule has 0 amide bonds. The molecule has 1 aromatic heterocycles. The SMILES string of the molecule is CCc1nccc(CN(CC)[C@@H]2COC[C@H]2O)n1. The second kappa shape index (κ2) is 6.22. The first-order chi connectivity index (χ1) is 8.74. The minimum absolute atomic E-state index is 0.0787. The topological polar surface area (TPSA) is 58.5 Å². The van der Waals surface area contributed by atoms with Crippen LogP contribution in [-0.4, -0.2) is 51.9 Å². The first-order valence-electron chi connectivity index (χ1n) is 6.55. The first kappa shape index (κ1) is 13.4. The van der Waals surface area contributed by atoms with Gasteiger partial charge in [0.05, 0.1) is 31.1 Å². The van der Waals surface area contributed by atoms with Crippen LogP contribution in [0.2, 0.25) is 0 Å². The third-order valence-electron chi connectivity index (χ3n) is 3.34. The molecular weight excluding hydrogens is 230 g/mol. The molecule has 18 heavy (non-hydrogen) atoms. The molecule has 2 rings (SSSR count). The van der Waals surface area contributed by atoms with Crippen molar-refractivity contribution in [3.05, 3.63) is 23.8 Å². The van der Waals surface area contributed by atoms with Gasteiger partial charge in [-0.2, -0.15) is 0 Å². The molecule has 2 atom stereocenters. The second-order valence-corrected chi connectivity index (χ2v) is 4.55. The largest absolute Gasteiger partial charge is 0.389 e. The summed E-state index contributed by atoms with van der Waals surface area (Å²) >= 11 is 0. The molecule has 0 unspecified atom stereocenters. The number of aryl methyl sites for hydroxylation is 1. The average molecular weight is 251 g/mol. The second-order valence-electron chi connectivity index (χ2n) is 4.55. The van der Waals surface area contributed by atoms with Gasteiger partial charge < -0.3 is 9.84 Å². The minimum Gasteiger partial charge on any atom is -0.389 e. The van der Waals surface area contributed by atoms with E-state index in [9.17, 15) is 5.11 Å². The zero-order chi connectivity index (χ0) is 13.0. The molecule has 1 N–H and O–H groups in total. The molecule has 0 radical (unpaired) electrons. The van der Waals surface area contributed by atoms with Crippen LogP contribution in [0.15, 0.2) is 12.3 Å². The Balaban J connectivity index is 2.05. The number of nitrogens with zero attached hydrogens (tertiary/aromatic N) is 3. The molecule has 1 aliphatic rings. The monoisotopic (exact) mass is 251 g/mol. The number of hydrogen-bond donors (Lipinski definition) is 1. The number of aliphatic hydroxyl groups excluding tert-OH is 1. The van der Waals surface area contributed by atoms with Gasteiger partial charge in [0.15, 0.2) is 0 Å². The maximum Gasteiger partial charge on any atom is 0.128 e. The highest BCUT2D eigenvalue weighted by Gasteiger charge is 2.31. The van der Waals surface area contributed by atoms with Gasteiger partial charge in [0.25, 0.3) is 0 Å². The lowest BCUT2D eigenvalue weighted by molar-refractivity contribution is 0.0801. The van der Waals surface area contributed by atoms with E-state index >= 15 is 0 Å². The van der Waals surface area contributed by atoms with E-state index in [4.69, 9.17) is 4.74 Å². The molecule has 0 aromatic carbocycles. The van der Waals surface area contributed by atoms with E-state index in [0.29, 0.717) is 13.2 Å². The summed E-state index contributed by atoms with van der Waals surface area (Å²) in [6, 6.07) is 2.01. The van der Waals surface area contributed by atoms with Crippen molar-refractivity contribution in [3.8, 4) is 0 Å². The van der Waals surface area contributed by atoms with Crippen LogP contribution in [0.5, 0.6) is 0 Å². The van der Waals surface area contributed by atoms with Crippen LogP contribution in [0.4, 0.5) is 0 Å². The zero-order valence-corrected chi connectivity index (χ0v) is 11.0. The smallest absolute Gasteiger partial charge is 0.128 e. The Kier molecular flexibility index (Phi) is 4.63. The minimum atomic E-state index is -0.391. The Morgan fingerprint density at radius 1 is 1.44 bits per heavy atom. The average Bonchev–Trinajstić information content (AvgIpc) is 2.82.